The van der Waals surface area contributed by atoms with Gasteiger partial charge in [-0.1, -0.05) is 12.8 Å². The first kappa shape index (κ1) is 23.1. The van der Waals surface area contributed by atoms with Crippen molar-refractivity contribution in [3.63, 3.8) is 0 Å². The molecule has 0 bridgehead atoms. The number of nitrogens with one attached hydrogen (secondary N) is 1. The molecule has 1 saturated carbocycles. The van der Waals surface area contributed by atoms with Crippen molar-refractivity contribution in [2.45, 2.75) is 77.2 Å². The minimum absolute atomic E-state index is 0.0116. The Labute approximate surface area is 169 Å². The Hall–Kier alpha value is -2.20. The van der Waals surface area contributed by atoms with Crippen LogP contribution in [0.25, 0.3) is 0 Å². The number of hydrogen-bond acceptors (Lipinski definition) is 9. The molecule has 0 aromatic heterocycles. The van der Waals surface area contributed by atoms with Crippen LogP contribution in [-0.2, 0) is 42.9 Å². The molecule has 5 atom stereocenters. The summed E-state index contributed by atoms with van der Waals surface area (Å²) in [7, 11) is 1.34. The molecule has 2 unspecified atom stereocenters. The number of ether oxygens (including phenoxy) is 5. The summed E-state index contributed by atoms with van der Waals surface area (Å²) in [6.07, 6.45) is -1.67. The fourth-order valence-corrected chi connectivity index (χ4v) is 3.74. The number of amides is 1. The predicted molar refractivity (Wildman–Crippen MR) is 97.3 cm³/mol. The van der Waals surface area contributed by atoms with Crippen LogP contribution >= 0.6 is 0 Å². The van der Waals surface area contributed by atoms with E-state index in [2.05, 4.69) is 5.32 Å². The highest BCUT2D eigenvalue weighted by molar-refractivity contribution is 5.78. The maximum absolute atomic E-state index is 12.4. The lowest BCUT2D eigenvalue weighted by molar-refractivity contribution is -0.296. The molecule has 1 saturated heterocycles. The molecule has 2 fully saturated rings. The van der Waals surface area contributed by atoms with Crippen molar-refractivity contribution in [2.24, 2.45) is 5.92 Å². The van der Waals surface area contributed by atoms with Crippen molar-refractivity contribution in [2.75, 3.05) is 13.7 Å². The van der Waals surface area contributed by atoms with Crippen molar-refractivity contribution < 1.29 is 42.9 Å². The van der Waals surface area contributed by atoms with E-state index in [0.29, 0.717) is 0 Å². The van der Waals surface area contributed by atoms with Crippen LogP contribution in [0.4, 0.5) is 0 Å². The van der Waals surface area contributed by atoms with Crippen molar-refractivity contribution >= 4 is 23.8 Å². The number of methoxy groups -OCH3 is 1. The van der Waals surface area contributed by atoms with Gasteiger partial charge in [0.25, 0.3) is 0 Å². The van der Waals surface area contributed by atoms with Gasteiger partial charge in [0.1, 0.15) is 6.10 Å². The molecule has 0 radical (unpaired) electrons. The topological polar surface area (TPSA) is 126 Å². The van der Waals surface area contributed by atoms with Gasteiger partial charge in [0.2, 0.25) is 5.91 Å². The van der Waals surface area contributed by atoms with Gasteiger partial charge in [0.15, 0.2) is 24.6 Å². The molecule has 2 rings (SSSR count). The van der Waals surface area contributed by atoms with E-state index in [1.807, 2.05) is 0 Å². The van der Waals surface area contributed by atoms with Gasteiger partial charge in [-0.25, -0.2) is 0 Å². The molecule has 1 amide bonds. The SMILES string of the molecule is CO[C@@H]1OC(CNC(=O)C2CCCC2)[C@H](OC(C)=O)[C@@H](OC(C)=O)C1OC(C)=O. The molecule has 29 heavy (non-hydrogen) atoms. The van der Waals surface area contributed by atoms with E-state index in [0.717, 1.165) is 25.7 Å². The second kappa shape index (κ2) is 10.5. The number of esters is 3. The minimum Gasteiger partial charge on any atom is -0.456 e. The molecule has 1 aliphatic heterocycles. The Bertz CT molecular complexity index is 617. The van der Waals surface area contributed by atoms with Crippen LogP contribution in [0.3, 0.4) is 0 Å². The van der Waals surface area contributed by atoms with Gasteiger partial charge in [-0.3, -0.25) is 19.2 Å². The fourth-order valence-electron chi connectivity index (χ4n) is 3.74. The summed E-state index contributed by atoms with van der Waals surface area (Å²) in [6, 6.07) is 0. The smallest absolute Gasteiger partial charge is 0.303 e. The molecule has 2 aliphatic rings. The number of carbonyl (C=O) groups excluding carboxylic acids is 4. The molecule has 0 aromatic carbocycles. The summed E-state index contributed by atoms with van der Waals surface area (Å²) in [5.74, 6) is -2.10. The fraction of sp³-hybridized carbons (Fsp3) is 0.789. The molecule has 10 heteroatoms. The minimum atomic E-state index is -1.16. The van der Waals surface area contributed by atoms with Crippen LogP contribution < -0.4 is 5.32 Å². The van der Waals surface area contributed by atoms with Crippen LogP contribution in [0.2, 0.25) is 0 Å². The van der Waals surface area contributed by atoms with Crippen molar-refractivity contribution in [1.82, 2.24) is 5.32 Å². The maximum Gasteiger partial charge on any atom is 0.303 e. The third-order valence-corrected chi connectivity index (χ3v) is 4.93. The zero-order valence-electron chi connectivity index (χ0n) is 17.2. The Morgan fingerprint density at radius 2 is 1.38 bits per heavy atom. The summed E-state index contributed by atoms with van der Waals surface area (Å²) in [6.45, 7) is 3.58. The van der Waals surface area contributed by atoms with Crippen molar-refractivity contribution in [3.05, 3.63) is 0 Å². The van der Waals surface area contributed by atoms with Crippen LogP contribution in [0.5, 0.6) is 0 Å². The first-order valence-electron chi connectivity index (χ1n) is 9.70. The zero-order chi connectivity index (χ0) is 21.6. The molecule has 164 valence electrons. The second-order valence-electron chi connectivity index (χ2n) is 7.23. The van der Waals surface area contributed by atoms with E-state index in [-0.39, 0.29) is 18.4 Å². The number of rotatable bonds is 7. The summed E-state index contributed by atoms with van der Waals surface area (Å²) < 4.78 is 27.0. The molecule has 1 heterocycles. The monoisotopic (exact) mass is 415 g/mol. The predicted octanol–water partition coefficient (Wildman–Crippen LogP) is 0.459. The second-order valence-corrected chi connectivity index (χ2v) is 7.23. The molecule has 1 aliphatic carbocycles. The Morgan fingerprint density at radius 3 is 1.90 bits per heavy atom. The van der Waals surface area contributed by atoms with Crippen LogP contribution in [0.1, 0.15) is 46.5 Å². The van der Waals surface area contributed by atoms with Crippen LogP contribution in [0.15, 0.2) is 0 Å². The van der Waals surface area contributed by atoms with E-state index in [4.69, 9.17) is 23.7 Å². The largest absolute Gasteiger partial charge is 0.456 e. The molecular formula is C19H29NO9. The third kappa shape index (κ3) is 6.40. The number of carbonyl (C=O) groups is 4. The maximum atomic E-state index is 12.4. The molecule has 0 spiro atoms. The highest BCUT2D eigenvalue weighted by Crippen LogP contribution is 2.29. The quantitative estimate of drug-likeness (QED) is 0.466. The van der Waals surface area contributed by atoms with Gasteiger partial charge in [-0.15, -0.1) is 0 Å². The lowest BCUT2D eigenvalue weighted by Crippen LogP contribution is -2.63. The Balaban J connectivity index is 2.22. The standard InChI is InChI=1S/C19H29NO9/c1-10(21)26-15-14(9-20-18(24)13-7-5-6-8-13)29-19(25-4)17(28-12(3)23)16(15)27-11(2)22/h13-17,19H,5-9H2,1-4H3,(H,20,24)/t14?,15-,16+,17?,19+/m0/s1. The highest BCUT2D eigenvalue weighted by Gasteiger charge is 2.52. The zero-order valence-corrected chi connectivity index (χ0v) is 17.2. The molecular weight excluding hydrogens is 386 g/mol. The van der Waals surface area contributed by atoms with Gasteiger partial charge >= 0.3 is 17.9 Å². The van der Waals surface area contributed by atoms with Gasteiger partial charge in [0.05, 0.1) is 0 Å². The molecule has 10 nitrogen and oxygen atoms in total. The summed E-state index contributed by atoms with van der Waals surface area (Å²) in [5.41, 5.74) is 0. The van der Waals surface area contributed by atoms with Gasteiger partial charge < -0.3 is 29.0 Å². The summed E-state index contributed by atoms with van der Waals surface area (Å²) in [4.78, 5) is 47.2. The highest BCUT2D eigenvalue weighted by atomic mass is 16.7. The van der Waals surface area contributed by atoms with E-state index >= 15 is 0 Å². The average Bonchev–Trinajstić information content (AvgIpc) is 3.17. The van der Waals surface area contributed by atoms with Gasteiger partial charge in [-0.2, -0.15) is 0 Å². The van der Waals surface area contributed by atoms with E-state index in [1.165, 1.54) is 27.9 Å². The average molecular weight is 415 g/mol. The first-order valence-corrected chi connectivity index (χ1v) is 9.70. The van der Waals surface area contributed by atoms with Gasteiger partial charge in [0, 0.05) is 40.3 Å². The van der Waals surface area contributed by atoms with Crippen LogP contribution in [-0.4, -0.2) is 68.2 Å². The number of hydrogen-bond donors (Lipinski definition) is 1. The molecule has 0 aromatic rings. The van der Waals surface area contributed by atoms with E-state index in [9.17, 15) is 19.2 Å². The third-order valence-electron chi connectivity index (χ3n) is 4.93. The normalized spacial score (nSPS) is 29.7. The first-order chi connectivity index (χ1) is 13.7. The van der Waals surface area contributed by atoms with Crippen molar-refractivity contribution in [3.8, 4) is 0 Å². The molecule has 1 N–H and O–H groups in total. The van der Waals surface area contributed by atoms with E-state index in [1.54, 1.807) is 0 Å². The Morgan fingerprint density at radius 1 is 0.862 bits per heavy atom. The van der Waals surface area contributed by atoms with E-state index < -0.39 is 48.6 Å². The van der Waals surface area contributed by atoms with Crippen molar-refractivity contribution in [1.29, 1.82) is 0 Å². The van der Waals surface area contributed by atoms with Crippen LogP contribution in [0, 0.1) is 5.92 Å². The van der Waals surface area contributed by atoms with Gasteiger partial charge in [-0.05, 0) is 12.8 Å². The lowest BCUT2D eigenvalue weighted by atomic mass is 9.97. The Kier molecular flexibility index (Phi) is 8.39. The summed E-state index contributed by atoms with van der Waals surface area (Å²) in [5, 5.41) is 2.81. The lowest BCUT2D eigenvalue weighted by Gasteiger charge is -2.44. The summed E-state index contributed by atoms with van der Waals surface area (Å²) >= 11 is 0.